The predicted octanol–water partition coefficient (Wildman–Crippen LogP) is 4.37. The Hall–Kier alpha value is -2.56. The van der Waals surface area contributed by atoms with E-state index < -0.39 is 0 Å². The molecular weight excluding hydrogens is 340 g/mol. The number of nitrogens with zero attached hydrogens (tertiary/aromatic N) is 1. The van der Waals surface area contributed by atoms with E-state index >= 15 is 0 Å². The van der Waals surface area contributed by atoms with Gasteiger partial charge in [-0.2, -0.15) is 0 Å². The van der Waals surface area contributed by atoms with Gasteiger partial charge in [0.25, 0.3) is 5.91 Å². The zero-order chi connectivity index (χ0) is 19.1. The lowest BCUT2D eigenvalue weighted by atomic mass is 9.86. The van der Waals surface area contributed by atoms with E-state index in [0.29, 0.717) is 36.2 Å². The maximum absolute atomic E-state index is 12.7. The highest BCUT2D eigenvalue weighted by Gasteiger charge is 2.23. The molecule has 1 aliphatic carbocycles. The summed E-state index contributed by atoms with van der Waals surface area (Å²) in [5.74, 6) is 1.69. The van der Waals surface area contributed by atoms with Gasteiger partial charge in [-0.15, -0.1) is 0 Å². The van der Waals surface area contributed by atoms with E-state index in [-0.39, 0.29) is 11.9 Å². The van der Waals surface area contributed by atoms with Gasteiger partial charge in [0.05, 0.1) is 6.61 Å². The Balaban J connectivity index is 1.69. The third-order valence-electron chi connectivity index (χ3n) is 5.05. The number of pyridine rings is 1. The molecule has 1 fully saturated rings. The molecule has 2 aromatic rings. The van der Waals surface area contributed by atoms with Crippen LogP contribution in [-0.2, 0) is 6.61 Å². The molecule has 3 rings (SSSR count). The van der Waals surface area contributed by atoms with Crippen molar-refractivity contribution >= 4 is 5.91 Å². The molecule has 1 N–H and O–H groups in total. The largest absolute Gasteiger partial charge is 0.490 e. The number of nitrogens with one attached hydrogen (secondary N) is 1. The zero-order valence-electron chi connectivity index (χ0n) is 16.1. The number of rotatable bonds is 7. The first-order chi connectivity index (χ1) is 13.2. The number of carbonyl (C=O) groups excluding carboxylic acids is 1. The van der Waals surface area contributed by atoms with Crippen molar-refractivity contribution in [1.29, 1.82) is 0 Å². The van der Waals surface area contributed by atoms with Crippen LogP contribution >= 0.6 is 0 Å². The molecule has 1 aromatic heterocycles. The van der Waals surface area contributed by atoms with E-state index in [2.05, 4.69) is 17.2 Å². The van der Waals surface area contributed by atoms with Gasteiger partial charge in [-0.3, -0.25) is 9.78 Å². The van der Waals surface area contributed by atoms with Crippen molar-refractivity contribution in [1.82, 2.24) is 10.3 Å². The molecule has 1 amide bonds. The quantitative estimate of drug-likeness (QED) is 0.788. The summed E-state index contributed by atoms with van der Waals surface area (Å²) in [7, 11) is 0. The number of amides is 1. The van der Waals surface area contributed by atoms with Crippen LogP contribution in [0.15, 0.2) is 42.7 Å². The van der Waals surface area contributed by atoms with Crippen LogP contribution in [0.4, 0.5) is 0 Å². The summed E-state index contributed by atoms with van der Waals surface area (Å²) in [4.78, 5) is 16.8. The van der Waals surface area contributed by atoms with Crippen LogP contribution in [0.25, 0.3) is 0 Å². The van der Waals surface area contributed by atoms with E-state index in [1.165, 1.54) is 19.3 Å². The minimum absolute atomic E-state index is 0.0477. The van der Waals surface area contributed by atoms with E-state index in [0.717, 1.165) is 12.0 Å². The van der Waals surface area contributed by atoms with Gasteiger partial charge in [0.15, 0.2) is 11.5 Å². The van der Waals surface area contributed by atoms with Gasteiger partial charge in [0.1, 0.15) is 6.61 Å². The molecule has 0 spiro atoms. The molecule has 0 radical (unpaired) electrons. The normalized spacial score (nSPS) is 19.3. The second-order valence-electron chi connectivity index (χ2n) is 7.09. The van der Waals surface area contributed by atoms with Crippen molar-refractivity contribution in [3.63, 3.8) is 0 Å². The van der Waals surface area contributed by atoms with Crippen molar-refractivity contribution in [3.8, 4) is 11.5 Å². The molecule has 1 aromatic carbocycles. The van der Waals surface area contributed by atoms with Crippen LogP contribution in [0.1, 0.15) is 55.5 Å². The Labute approximate surface area is 161 Å². The third-order valence-corrected chi connectivity index (χ3v) is 5.05. The molecule has 1 heterocycles. The van der Waals surface area contributed by atoms with E-state index in [9.17, 15) is 4.79 Å². The first kappa shape index (κ1) is 19.2. The molecule has 1 saturated carbocycles. The fourth-order valence-corrected chi connectivity index (χ4v) is 3.46. The van der Waals surface area contributed by atoms with Crippen LogP contribution < -0.4 is 14.8 Å². The second-order valence-corrected chi connectivity index (χ2v) is 7.09. The van der Waals surface area contributed by atoms with Gasteiger partial charge in [-0.05, 0) is 49.9 Å². The molecule has 1 aliphatic rings. The number of hydrogen-bond acceptors (Lipinski definition) is 4. The van der Waals surface area contributed by atoms with Gasteiger partial charge in [-0.1, -0.05) is 25.8 Å². The third kappa shape index (κ3) is 5.22. The summed E-state index contributed by atoms with van der Waals surface area (Å²) >= 11 is 0. The molecule has 0 aliphatic heterocycles. The van der Waals surface area contributed by atoms with E-state index in [1.807, 2.05) is 19.1 Å². The average molecular weight is 368 g/mol. The summed E-state index contributed by atoms with van der Waals surface area (Å²) < 4.78 is 11.6. The summed E-state index contributed by atoms with van der Waals surface area (Å²) in [5.41, 5.74) is 1.58. The van der Waals surface area contributed by atoms with Crippen LogP contribution in [0, 0.1) is 5.92 Å². The maximum atomic E-state index is 12.7. The van der Waals surface area contributed by atoms with Gasteiger partial charge in [-0.25, -0.2) is 0 Å². The van der Waals surface area contributed by atoms with Crippen molar-refractivity contribution in [2.24, 2.45) is 5.92 Å². The summed E-state index contributed by atoms with van der Waals surface area (Å²) in [6, 6.07) is 9.46. The summed E-state index contributed by atoms with van der Waals surface area (Å²) in [5, 5.41) is 3.19. The van der Waals surface area contributed by atoms with Crippen molar-refractivity contribution in [2.75, 3.05) is 6.61 Å². The Morgan fingerprint density at radius 3 is 2.78 bits per heavy atom. The van der Waals surface area contributed by atoms with Gasteiger partial charge >= 0.3 is 0 Å². The fraction of sp³-hybridized carbons (Fsp3) is 0.455. The molecule has 0 unspecified atom stereocenters. The minimum atomic E-state index is -0.0477. The Morgan fingerprint density at radius 1 is 1.19 bits per heavy atom. The molecule has 2 atom stereocenters. The standard InChI is InChI=1S/C22H28N2O3/c1-3-26-21-13-18(22(25)24-19-9-5-4-7-16(19)2)10-11-20(21)27-15-17-8-6-12-23-14-17/h6,8,10-14,16,19H,3-5,7,9,15H2,1-2H3,(H,24,25)/t16-,19-/m1/s1. The van der Waals surface area contributed by atoms with Gasteiger partial charge in [0.2, 0.25) is 0 Å². The minimum Gasteiger partial charge on any atom is -0.490 e. The molecule has 144 valence electrons. The van der Waals surface area contributed by atoms with Crippen molar-refractivity contribution < 1.29 is 14.3 Å². The second kappa shape index (κ2) is 9.40. The molecule has 27 heavy (non-hydrogen) atoms. The smallest absolute Gasteiger partial charge is 0.251 e. The van der Waals surface area contributed by atoms with Gasteiger partial charge in [0, 0.05) is 29.6 Å². The molecule has 5 heteroatoms. The number of benzene rings is 1. The van der Waals surface area contributed by atoms with E-state index in [4.69, 9.17) is 9.47 Å². The first-order valence-electron chi connectivity index (χ1n) is 9.76. The molecular formula is C22H28N2O3. The Bertz CT molecular complexity index is 748. The Morgan fingerprint density at radius 2 is 2.04 bits per heavy atom. The van der Waals surface area contributed by atoms with Crippen LogP contribution in [0.5, 0.6) is 11.5 Å². The molecule has 0 bridgehead atoms. The monoisotopic (exact) mass is 368 g/mol. The zero-order valence-corrected chi connectivity index (χ0v) is 16.1. The topological polar surface area (TPSA) is 60.5 Å². The van der Waals surface area contributed by atoms with E-state index in [1.54, 1.807) is 30.6 Å². The van der Waals surface area contributed by atoms with Crippen LogP contribution in [-0.4, -0.2) is 23.5 Å². The number of aromatic nitrogens is 1. The van der Waals surface area contributed by atoms with Crippen molar-refractivity contribution in [2.45, 2.75) is 52.2 Å². The lowest BCUT2D eigenvalue weighted by molar-refractivity contribution is 0.0909. The highest BCUT2D eigenvalue weighted by atomic mass is 16.5. The van der Waals surface area contributed by atoms with Crippen molar-refractivity contribution in [3.05, 3.63) is 53.9 Å². The number of carbonyl (C=O) groups is 1. The first-order valence-corrected chi connectivity index (χ1v) is 9.76. The maximum Gasteiger partial charge on any atom is 0.251 e. The number of ether oxygens (including phenoxy) is 2. The highest BCUT2D eigenvalue weighted by molar-refractivity contribution is 5.95. The highest BCUT2D eigenvalue weighted by Crippen LogP contribution is 2.30. The SMILES string of the molecule is CCOc1cc(C(=O)N[C@@H]2CCCC[C@H]2C)ccc1OCc1cccnc1. The molecule has 0 saturated heterocycles. The van der Waals surface area contributed by atoms with Crippen LogP contribution in [0.2, 0.25) is 0 Å². The number of hydrogen-bond donors (Lipinski definition) is 1. The average Bonchev–Trinajstić information content (AvgIpc) is 2.69. The summed E-state index contributed by atoms with van der Waals surface area (Å²) in [6.45, 7) is 5.04. The Kier molecular flexibility index (Phi) is 6.69. The van der Waals surface area contributed by atoms with Gasteiger partial charge < -0.3 is 14.8 Å². The van der Waals surface area contributed by atoms with Crippen LogP contribution in [0.3, 0.4) is 0 Å². The molecule has 5 nitrogen and oxygen atoms in total. The lowest BCUT2D eigenvalue weighted by Crippen LogP contribution is -2.41. The predicted molar refractivity (Wildman–Crippen MR) is 105 cm³/mol. The lowest BCUT2D eigenvalue weighted by Gasteiger charge is -2.29. The summed E-state index contributed by atoms with van der Waals surface area (Å²) in [6.07, 6.45) is 8.17. The fourth-order valence-electron chi connectivity index (χ4n) is 3.46.